The summed E-state index contributed by atoms with van der Waals surface area (Å²) in [5, 5.41) is 2.99. The zero-order chi connectivity index (χ0) is 26.8. The highest BCUT2D eigenvalue weighted by molar-refractivity contribution is 7.10. The second-order valence-corrected chi connectivity index (χ2v) is 11.2. The van der Waals surface area contributed by atoms with Gasteiger partial charge in [-0.15, -0.1) is 11.3 Å². The highest BCUT2D eigenvalue weighted by Gasteiger charge is 2.33. The number of allylic oxidation sites excluding steroid dienone is 1. The third kappa shape index (κ3) is 5.22. The standard InChI is InChI=1S/C28H22Cl2N2O4S2/c1-3-35-27(34)24-16(2)31-28-32(25(24)22-9-6-12-37-22)26(33)23(38-28)13-17-7-4-5-8-21(17)36-15-18-10-11-19(29)14-20(18)30/h4-14,25H,3,15H2,1-2H3/b23-13+/t25-/m0/s1. The van der Waals surface area contributed by atoms with Crippen LogP contribution in [-0.2, 0) is 16.1 Å². The van der Waals surface area contributed by atoms with Crippen molar-refractivity contribution in [2.45, 2.75) is 26.5 Å². The zero-order valence-electron chi connectivity index (χ0n) is 20.4. The molecule has 0 bridgehead atoms. The average molecular weight is 586 g/mol. The van der Waals surface area contributed by atoms with E-state index in [0.29, 0.717) is 36.4 Å². The van der Waals surface area contributed by atoms with Crippen molar-refractivity contribution in [1.82, 2.24) is 4.57 Å². The Hall–Kier alpha value is -3.17. The first-order valence-corrected chi connectivity index (χ1v) is 14.2. The van der Waals surface area contributed by atoms with Crippen LogP contribution in [0.15, 0.2) is 81.0 Å². The molecule has 0 unspecified atom stereocenters. The lowest BCUT2D eigenvalue weighted by atomic mass is 10.0. The van der Waals surface area contributed by atoms with Crippen molar-refractivity contribution in [3.8, 4) is 5.75 Å². The van der Waals surface area contributed by atoms with Gasteiger partial charge in [-0.05, 0) is 49.6 Å². The van der Waals surface area contributed by atoms with Crippen LogP contribution in [0.25, 0.3) is 6.08 Å². The molecule has 0 N–H and O–H groups in total. The number of rotatable bonds is 7. The van der Waals surface area contributed by atoms with Gasteiger partial charge < -0.3 is 9.47 Å². The maximum Gasteiger partial charge on any atom is 0.338 e. The fourth-order valence-corrected chi connectivity index (χ4v) is 6.50. The Morgan fingerprint density at radius 1 is 1.16 bits per heavy atom. The summed E-state index contributed by atoms with van der Waals surface area (Å²) in [6, 6.07) is 15.9. The Morgan fingerprint density at radius 2 is 1.97 bits per heavy atom. The minimum atomic E-state index is -0.606. The summed E-state index contributed by atoms with van der Waals surface area (Å²) in [7, 11) is 0. The maximum atomic E-state index is 13.8. The van der Waals surface area contributed by atoms with Crippen molar-refractivity contribution in [3.63, 3.8) is 0 Å². The van der Waals surface area contributed by atoms with E-state index >= 15 is 0 Å². The molecule has 3 heterocycles. The molecule has 2 aromatic carbocycles. The molecule has 0 aliphatic carbocycles. The third-order valence-electron chi connectivity index (χ3n) is 5.93. The first-order valence-electron chi connectivity index (χ1n) is 11.8. The lowest BCUT2D eigenvalue weighted by Gasteiger charge is -2.23. The summed E-state index contributed by atoms with van der Waals surface area (Å²) in [5.41, 5.74) is 2.20. The summed E-state index contributed by atoms with van der Waals surface area (Å²) in [6.45, 7) is 4.00. The third-order valence-corrected chi connectivity index (χ3v) is 8.43. The van der Waals surface area contributed by atoms with Crippen molar-refractivity contribution in [2.75, 3.05) is 6.61 Å². The fraction of sp³-hybridized carbons (Fsp3) is 0.179. The molecule has 0 amide bonds. The lowest BCUT2D eigenvalue weighted by molar-refractivity contribution is -0.139. The van der Waals surface area contributed by atoms with Gasteiger partial charge in [-0.2, -0.15) is 0 Å². The van der Waals surface area contributed by atoms with Crippen molar-refractivity contribution in [2.24, 2.45) is 4.99 Å². The average Bonchev–Trinajstić information content (AvgIpc) is 3.52. The summed E-state index contributed by atoms with van der Waals surface area (Å²) in [6.07, 6.45) is 1.79. The monoisotopic (exact) mass is 584 g/mol. The summed E-state index contributed by atoms with van der Waals surface area (Å²) in [5.74, 6) is 0.128. The van der Waals surface area contributed by atoms with Crippen LogP contribution in [0.3, 0.4) is 0 Å². The molecule has 1 atom stereocenters. The number of halogens is 2. The molecule has 38 heavy (non-hydrogen) atoms. The molecule has 1 aliphatic heterocycles. The van der Waals surface area contributed by atoms with Crippen LogP contribution in [0, 0.1) is 0 Å². The van der Waals surface area contributed by atoms with Gasteiger partial charge in [0.25, 0.3) is 5.56 Å². The van der Waals surface area contributed by atoms with E-state index in [0.717, 1.165) is 16.0 Å². The number of esters is 1. The van der Waals surface area contributed by atoms with Gasteiger partial charge in [-0.1, -0.05) is 64.9 Å². The van der Waals surface area contributed by atoms with Crippen LogP contribution in [0.4, 0.5) is 0 Å². The van der Waals surface area contributed by atoms with Crippen molar-refractivity contribution >= 4 is 57.9 Å². The number of carbonyl (C=O) groups excluding carboxylic acids is 1. The van der Waals surface area contributed by atoms with E-state index < -0.39 is 12.0 Å². The molecule has 194 valence electrons. The van der Waals surface area contributed by atoms with E-state index in [1.807, 2.05) is 47.8 Å². The number of fused-ring (bicyclic) bond motifs is 1. The number of aromatic nitrogens is 1. The van der Waals surface area contributed by atoms with Crippen molar-refractivity contribution in [1.29, 1.82) is 0 Å². The van der Waals surface area contributed by atoms with E-state index in [9.17, 15) is 9.59 Å². The highest BCUT2D eigenvalue weighted by atomic mass is 35.5. The van der Waals surface area contributed by atoms with Crippen LogP contribution in [0.1, 0.15) is 35.9 Å². The normalized spacial score (nSPS) is 15.3. The first-order chi connectivity index (χ1) is 18.4. The topological polar surface area (TPSA) is 69.9 Å². The van der Waals surface area contributed by atoms with Crippen LogP contribution in [-0.4, -0.2) is 17.1 Å². The molecule has 2 aromatic heterocycles. The largest absolute Gasteiger partial charge is 0.488 e. The molecular weight excluding hydrogens is 563 g/mol. The van der Waals surface area contributed by atoms with Gasteiger partial charge in [0.2, 0.25) is 0 Å². The Labute approximate surface area is 236 Å². The minimum Gasteiger partial charge on any atom is -0.488 e. The van der Waals surface area contributed by atoms with Gasteiger partial charge >= 0.3 is 5.97 Å². The number of hydrogen-bond donors (Lipinski definition) is 0. The molecule has 1 aliphatic rings. The summed E-state index contributed by atoms with van der Waals surface area (Å²) < 4.78 is 13.5. The lowest BCUT2D eigenvalue weighted by Crippen LogP contribution is -2.39. The number of hydrogen-bond acceptors (Lipinski definition) is 7. The second-order valence-electron chi connectivity index (χ2n) is 8.38. The molecule has 0 radical (unpaired) electrons. The molecule has 4 aromatic rings. The number of thiophene rings is 1. The number of carbonyl (C=O) groups is 1. The van der Waals surface area contributed by atoms with E-state index in [1.165, 1.54) is 22.7 Å². The smallest absolute Gasteiger partial charge is 0.338 e. The number of nitrogens with zero attached hydrogens (tertiary/aromatic N) is 2. The van der Waals surface area contributed by atoms with E-state index in [-0.39, 0.29) is 18.8 Å². The minimum absolute atomic E-state index is 0.231. The Morgan fingerprint density at radius 3 is 2.71 bits per heavy atom. The predicted octanol–water partition coefficient (Wildman–Crippen LogP) is 5.75. The molecule has 0 saturated heterocycles. The fourth-order valence-electron chi connectivity index (χ4n) is 4.17. The predicted molar refractivity (Wildman–Crippen MR) is 152 cm³/mol. The highest BCUT2D eigenvalue weighted by Crippen LogP contribution is 2.33. The Balaban J connectivity index is 1.56. The molecule has 10 heteroatoms. The van der Waals surface area contributed by atoms with Crippen molar-refractivity contribution < 1.29 is 14.3 Å². The van der Waals surface area contributed by atoms with E-state index in [1.54, 1.807) is 36.6 Å². The van der Waals surface area contributed by atoms with E-state index in [4.69, 9.17) is 32.7 Å². The number of thiazole rings is 1. The second kappa shape index (κ2) is 11.3. The number of benzene rings is 2. The van der Waals surface area contributed by atoms with Crippen molar-refractivity contribution in [3.05, 3.63) is 117 Å². The maximum absolute atomic E-state index is 13.8. The summed E-state index contributed by atoms with van der Waals surface area (Å²) in [4.78, 5) is 32.7. The van der Waals surface area contributed by atoms with Gasteiger partial charge in [0, 0.05) is 26.0 Å². The van der Waals surface area contributed by atoms with Gasteiger partial charge in [0.15, 0.2) is 4.80 Å². The summed E-state index contributed by atoms with van der Waals surface area (Å²) >= 11 is 15.1. The molecule has 5 rings (SSSR count). The Kier molecular flexibility index (Phi) is 7.85. The first kappa shape index (κ1) is 26.4. The number of para-hydroxylation sites is 1. The molecular formula is C28H22Cl2N2O4S2. The number of ether oxygens (including phenoxy) is 2. The van der Waals surface area contributed by atoms with Crippen LogP contribution < -0.4 is 19.6 Å². The van der Waals surface area contributed by atoms with Gasteiger partial charge in [-0.25, -0.2) is 9.79 Å². The van der Waals surface area contributed by atoms with Crippen LogP contribution in [0.2, 0.25) is 10.0 Å². The van der Waals surface area contributed by atoms with Gasteiger partial charge in [-0.3, -0.25) is 9.36 Å². The van der Waals surface area contributed by atoms with E-state index in [2.05, 4.69) is 4.99 Å². The van der Waals surface area contributed by atoms with Crippen LogP contribution in [0.5, 0.6) is 5.75 Å². The van der Waals surface area contributed by atoms with Gasteiger partial charge in [0.1, 0.15) is 18.4 Å². The Bertz CT molecular complexity index is 1720. The van der Waals surface area contributed by atoms with Crippen LogP contribution >= 0.6 is 45.9 Å². The SMILES string of the molecule is CCOC(=O)C1=C(C)N=c2s/c(=C/c3ccccc3OCc3ccc(Cl)cc3Cl)c(=O)n2[C@H]1c1cccs1. The quantitative estimate of drug-likeness (QED) is 0.259. The zero-order valence-corrected chi connectivity index (χ0v) is 23.6. The van der Waals surface area contributed by atoms with Gasteiger partial charge in [0.05, 0.1) is 22.4 Å². The molecule has 0 spiro atoms. The molecule has 0 saturated carbocycles. The molecule has 0 fully saturated rings. The molecule has 6 nitrogen and oxygen atoms in total.